The second-order valence-corrected chi connectivity index (χ2v) is 6.65. The van der Waals surface area contributed by atoms with E-state index in [9.17, 15) is 14.4 Å². The third-order valence-corrected chi connectivity index (χ3v) is 4.28. The molecule has 2 aromatic rings. The fourth-order valence-corrected chi connectivity index (χ4v) is 2.40. The van der Waals surface area contributed by atoms with Crippen molar-refractivity contribution in [2.45, 2.75) is 19.9 Å². The van der Waals surface area contributed by atoms with Gasteiger partial charge in [-0.15, -0.1) is 0 Å². The Morgan fingerprint density at radius 1 is 1.15 bits per heavy atom. The molecule has 0 spiro atoms. The van der Waals surface area contributed by atoms with Gasteiger partial charge in [0.05, 0.1) is 16.3 Å². The first kappa shape index (κ1) is 20.0. The number of ether oxygens (including phenoxy) is 1. The number of amides is 1. The van der Waals surface area contributed by atoms with Gasteiger partial charge in [0.1, 0.15) is 6.04 Å². The summed E-state index contributed by atoms with van der Waals surface area (Å²) < 4.78 is 10.1. The van der Waals surface area contributed by atoms with Crippen molar-refractivity contribution in [3.05, 3.63) is 58.0 Å². The van der Waals surface area contributed by atoms with Crippen molar-refractivity contribution in [2.75, 3.05) is 6.61 Å². The van der Waals surface area contributed by atoms with Gasteiger partial charge in [-0.2, -0.15) is 0 Å². The summed E-state index contributed by atoms with van der Waals surface area (Å²) in [5, 5.41) is 3.09. The molecule has 0 aliphatic heterocycles. The van der Waals surface area contributed by atoms with E-state index in [1.165, 1.54) is 30.5 Å². The maximum absolute atomic E-state index is 12.3. The molecular formula is C18H17Cl2NO5. The zero-order valence-electron chi connectivity index (χ0n) is 14.1. The monoisotopic (exact) mass is 397 g/mol. The second kappa shape index (κ2) is 8.87. The highest BCUT2D eigenvalue weighted by atomic mass is 35.5. The molecule has 1 heterocycles. The van der Waals surface area contributed by atoms with Crippen LogP contribution in [0.2, 0.25) is 10.0 Å². The molecule has 0 saturated carbocycles. The van der Waals surface area contributed by atoms with Gasteiger partial charge in [-0.3, -0.25) is 9.59 Å². The largest absolute Gasteiger partial charge is 0.459 e. The molecular weight excluding hydrogens is 381 g/mol. The zero-order valence-corrected chi connectivity index (χ0v) is 15.6. The van der Waals surface area contributed by atoms with Crippen LogP contribution < -0.4 is 5.32 Å². The fraction of sp³-hybridized carbons (Fsp3) is 0.278. The summed E-state index contributed by atoms with van der Waals surface area (Å²) in [6.45, 7) is 3.01. The van der Waals surface area contributed by atoms with Crippen molar-refractivity contribution in [1.29, 1.82) is 0 Å². The van der Waals surface area contributed by atoms with E-state index in [0.717, 1.165) is 0 Å². The van der Waals surface area contributed by atoms with Gasteiger partial charge in [-0.05, 0) is 36.2 Å². The molecule has 2 rings (SSSR count). The molecule has 0 radical (unpaired) electrons. The average molecular weight is 398 g/mol. The highest BCUT2D eigenvalue weighted by Crippen LogP contribution is 2.22. The number of benzene rings is 1. The van der Waals surface area contributed by atoms with E-state index in [-0.39, 0.29) is 22.3 Å². The summed E-state index contributed by atoms with van der Waals surface area (Å²) in [6, 6.07) is 6.50. The first-order chi connectivity index (χ1) is 12.3. The molecule has 0 aliphatic carbocycles. The van der Waals surface area contributed by atoms with Crippen LogP contribution in [0.15, 0.2) is 41.0 Å². The van der Waals surface area contributed by atoms with Crippen LogP contribution in [0.25, 0.3) is 0 Å². The molecule has 0 bridgehead atoms. The Morgan fingerprint density at radius 3 is 2.46 bits per heavy atom. The van der Waals surface area contributed by atoms with Gasteiger partial charge in [0.15, 0.2) is 18.2 Å². The molecule has 138 valence electrons. The predicted molar refractivity (Wildman–Crippen MR) is 96.6 cm³/mol. The number of furan rings is 1. The molecule has 26 heavy (non-hydrogen) atoms. The van der Waals surface area contributed by atoms with E-state index in [1.54, 1.807) is 19.9 Å². The first-order valence-corrected chi connectivity index (χ1v) is 8.54. The van der Waals surface area contributed by atoms with Crippen molar-refractivity contribution in [2.24, 2.45) is 5.92 Å². The lowest BCUT2D eigenvalue weighted by molar-refractivity contribution is -0.145. The predicted octanol–water partition coefficient (Wildman–Crippen LogP) is 3.77. The minimum Gasteiger partial charge on any atom is -0.459 e. The van der Waals surface area contributed by atoms with E-state index in [2.05, 4.69) is 5.32 Å². The minimum atomic E-state index is -0.922. The molecule has 1 amide bonds. The topological polar surface area (TPSA) is 85.6 Å². The number of esters is 1. The highest BCUT2D eigenvalue weighted by Gasteiger charge is 2.27. The zero-order chi connectivity index (χ0) is 19.3. The normalized spacial score (nSPS) is 11.9. The van der Waals surface area contributed by atoms with Crippen LogP contribution in [0.4, 0.5) is 0 Å². The molecule has 0 aliphatic rings. The van der Waals surface area contributed by atoms with Crippen LogP contribution in [-0.4, -0.2) is 30.3 Å². The van der Waals surface area contributed by atoms with E-state index < -0.39 is 30.3 Å². The quantitative estimate of drug-likeness (QED) is 0.567. The van der Waals surface area contributed by atoms with E-state index >= 15 is 0 Å². The smallest absolute Gasteiger partial charge is 0.329 e. The molecule has 1 N–H and O–H groups in total. The Kier molecular flexibility index (Phi) is 6.83. The van der Waals surface area contributed by atoms with Crippen LogP contribution in [0, 0.1) is 5.92 Å². The SMILES string of the molecule is CC(C)[C@@H](NC(=O)c1ccco1)C(=O)OCC(=O)c1ccc(Cl)c(Cl)c1. The summed E-state index contributed by atoms with van der Waals surface area (Å²) in [5.41, 5.74) is 0.271. The molecule has 1 atom stereocenters. The lowest BCUT2D eigenvalue weighted by atomic mass is 10.0. The van der Waals surface area contributed by atoms with Crippen molar-refractivity contribution < 1.29 is 23.5 Å². The van der Waals surface area contributed by atoms with Gasteiger partial charge in [0, 0.05) is 5.56 Å². The van der Waals surface area contributed by atoms with Crippen molar-refractivity contribution in [3.8, 4) is 0 Å². The summed E-state index contributed by atoms with van der Waals surface area (Å²) in [4.78, 5) is 36.5. The van der Waals surface area contributed by atoms with Gasteiger partial charge >= 0.3 is 5.97 Å². The number of Topliss-reactive ketones (excluding diaryl/α,β-unsaturated/α-hetero) is 1. The molecule has 8 heteroatoms. The highest BCUT2D eigenvalue weighted by molar-refractivity contribution is 6.42. The molecule has 0 unspecified atom stereocenters. The number of halogens is 2. The van der Waals surface area contributed by atoms with Crippen LogP contribution in [0.1, 0.15) is 34.8 Å². The first-order valence-electron chi connectivity index (χ1n) is 7.79. The third-order valence-electron chi connectivity index (χ3n) is 3.54. The van der Waals surface area contributed by atoms with Crippen LogP contribution in [0.5, 0.6) is 0 Å². The lowest BCUT2D eigenvalue weighted by Gasteiger charge is -2.20. The molecule has 1 aromatic heterocycles. The van der Waals surface area contributed by atoms with Crippen LogP contribution in [0.3, 0.4) is 0 Å². The number of hydrogen-bond donors (Lipinski definition) is 1. The Labute approximate surface area is 160 Å². The minimum absolute atomic E-state index is 0.0790. The number of carbonyl (C=O) groups excluding carboxylic acids is 3. The Bertz CT molecular complexity index is 802. The fourth-order valence-electron chi connectivity index (χ4n) is 2.10. The van der Waals surface area contributed by atoms with Crippen molar-refractivity contribution in [1.82, 2.24) is 5.32 Å². The number of hydrogen-bond acceptors (Lipinski definition) is 5. The lowest BCUT2D eigenvalue weighted by Crippen LogP contribution is -2.45. The van der Waals surface area contributed by atoms with Crippen molar-refractivity contribution >= 4 is 40.9 Å². The summed E-state index contributed by atoms with van der Waals surface area (Å²) in [7, 11) is 0. The third kappa shape index (κ3) is 5.09. The van der Waals surface area contributed by atoms with E-state index in [4.69, 9.17) is 32.4 Å². The summed E-state index contributed by atoms with van der Waals surface area (Å²) in [5.74, 6) is -1.86. The van der Waals surface area contributed by atoms with Gasteiger partial charge in [-0.1, -0.05) is 37.0 Å². The summed E-state index contributed by atoms with van der Waals surface area (Å²) >= 11 is 11.7. The van der Waals surface area contributed by atoms with Crippen molar-refractivity contribution in [3.63, 3.8) is 0 Å². The van der Waals surface area contributed by atoms with E-state index in [0.29, 0.717) is 5.02 Å². The molecule has 1 aromatic carbocycles. The number of rotatable bonds is 7. The Balaban J connectivity index is 1.97. The van der Waals surface area contributed by atoms with Gasteiger partial charge in [-0.25, -0.2) is 4.79 Å². The molecule has 0 saturated heterocycles. The standard InChI is InChI=1S/C18H17Cl2NO5/c1-10(2)16(21-17(23)15-4-3-7-25-15)18(24)26-9-14(22)11-5-6-12(19)13(20)8-11/h3-8,10,16H,9H2,1-2H3,(H,21,23)/t16-/m1/s1. The molecule has 6 nitrogen and oxygen atoms in total. The van der Waals surface area contributed by atoms with E-state index in [1.807, 2.05) is 0 Å². The second-order valence-electron chi connectivity index (χ2n) is 5.83. The Hall–Kier alpha value is -2.31. The number of carbonyl (C=O) groups is 3. The maximum Gasteiger partial charge on any atom is 0.329 e. The van der Waals surface area contributed by atoms with Crippen LogP contribution in [-0.2, 0) is 9.53 Å². The summed E-state index contributed by atoms with van der Waals surface area (Å²) in [6.07, 6.45) is 1.35. The number of ketones is 1. The van der Waals surface area contributed by atoms with Gasteiger partial charge in [0.2, 0.25) is 0 Å². The average Bonchev–Trinajstić information content (AvgIpc) is 3.13. The van der Waals surface area contributed by atoms with Crippen LogP contribution >= 0.6 is 23.2 Å². The molecule has 0 fully saturated rings. The van der Waals surface area contributed by atoms with Gasteiger partial charge in [0.25, 0.3) is 5.91 Å². The number of nitrogens with one attached hydrogen (secondary N) is 1. The Morgan fingerprint density at radius 2 is 1.88 bits per heavy atom. The van der Waals surface area contributed by atoms with Gasteiger partial charge < -0.3 is 14.5 Å². The maximum atomic E-state index is 12.3.